The van der Waals surface area contributed by atoms with Crippen LogP contribution in [-0.2, 0) is 17.1 Å². The normalized spacial score (nSPS) is 11.6. The molecule has 3 rings (SSSR count). The topological polar surface area (TPSA) is 116 Å². The fourth-order valence-electron chi connectivity index (χ4n) is 3.03. The molecular formula is C22H20F3N3O6S. The number of hydrogen-bond donors (Lipinski definition) is 2. The summed E-state index contributed by atoms with van der Waals surface area (Å²) in [6.45, 7) is 1.70. The van der Waals surface area contributed by atoms with E-state index in [0.717, 1.165) is 16.7 Å². The van der Waals surface area contributed by atoms with Crippen LogP contribution >= 0.6 is 0 Å². The zero-order valence-electron chi connectivity index (χ0n) is 18.4. The van der Waals surface area contributed by atoms with Crippen molar-refractivity contribution in [3.05, 3.63) is 76.7 Å². The lowest BCUT2D eigenvalue weighted by Gasteiger charge is -2.15. The highest BCUT2D eigenvalue weighted by Gasteiger charge is 2.31. The smallest absolute Gasteiger partial charge is 0.492 e. The molecule has 0 radical (unpaired) electrons. The van der Waals surface area contributed by atoms with Crippen molar-refractivity contribution in [3.63, 3.8) is 0 Å². The van der Waals surface area contributed by atoms with Gasteiger partial charge in [-0.1, -0.05) is 12.1 Å². The highest BCUT2D eigenvalue weighted by Crippen LogP contribution is 2.31. The molecule has 0 spiro atoms. The van der Waals surface area contributed by atoms with Gasteiger partial charge in [-0.05, 0) is 37.3 Å². The van der Waals surface area contributed by atoms with E-state index in [2.05, 4.69) is 14.8 Å². The highest BCUT2D eigenvalue weighted by molar-refractivity contribution is 7.92. The first-order chi connectivity index (χ1) is 16.4. The van der Waals surface area contributed by atoms with Crippen molar-refractivity contribution in [2.75, 3.05) is 16.6 Å². The Labute approximate surface area is 198 Å². The molecule has 0 unspecified atom stereocenters. The number of aromatic nitrogens is 1. The lowest BCUT2D eigenvalue weighted by molar-refractivity contribution is -0.274. The van der Waals surface area contributed by atoms with Crippen molar-refractivity contribution in [3.8, 4) is 11.5 Å². The number of carbonyl (C=O) groups is 1. The second-order valence-electron chi connectivity index (χ2n) is 7.04. The van der Waals surface area contributed by atoms with E-state index in [9.17, 15) is 31.2 Å². The maximum atomic E-state index is 13.0. The minimum atomic E-state index is -4.94. The molecule has 0 aliphatic carbocycles. The van der Waals surface area contributed by atoms with Gasteiger partial charge in [-0.25, -0.2) is 8.42 Å². The Morgan fingerprint density at radius 2 is 1.74 bits per heavy atom. The summed E-state index contributed by atoms with van der Waals surface area (Å²) in [6, 6.07) is 12.3. The minimum absolute atomic E-state index is 0.0785. The molecule has 2 aromatic carbocycles. The molecule has 1 aromatic heterocycles. The Morgan fingerprint density at radius 3 is 2.43 bits per heavy atom. The van der Waals surface area contributed by atoms with E-state index < -0.39 is 28.0 Å². The molecule has 1 amide bonds. The maximum absolute atomic E-state index is 13.0. The van der Waals surface area contributed by atoms with Crippen LogP contribution in [0.15, 0.2) is 70.4 Å². The number of alkyl halides is 3. The van der Waals surface area contributed by atoms with Gasteiger partial charge in [-0.15, -0.1) is 13.2 Å². The molecule has 0 atom stereocenters. The monoisotopic (exact) mass is 511 g/mol. The van der Waals surface area contributed by atoms with Crippen molar-refractivity contribution in [1.82, 2.24) is 4.57 Å². The number of pyridine rings is 1. The summed E-state index contributed by atoms with van der Waals surface area (Å²) in [5, 5.41) is 2.57. The molecule has 0 bridgehead atoms. The summed E-state index contributed by atoms with van der Waals surface area (Å²) >= 11 is 0. The first kappa shape index (κ1) is 25.6. The summed E-state index contributed by atoms with van der Waals surface area (Å²) in [7, 11) is -2.88. The van der Waals surface area contributed by atoms with E-state index in [4.69, 9.17) is 4.74 Å². The number of benzene rings is 2. The molecule has 1 heterocycles. The highest BCUT2D eigenvalue weighted by atomic mass is 32.2. The predicted octanol–water partition coefficient (Wildman–Crippen LogP) is 3.74. The van der Waals surface area contributed by atoms with Gasteiger partial charge in [0.25, 0.3) is 21.5 Å². The van der Waals surface area contributed by atoms with Crippen LogP contribution in [0, 0.1) is 0 Å². The standard InChI is InChI=1S/C22H20F3N3O6S/c1-3-33-18-13-14(26-21(30)17-8-5-9-20(29)28(17)2)10-11-19(18)35(31,32)27-15-6-4-7-16(12-15)34-22(23,24)25/h4-13,27H,3H2,1-2H3,(H,26,30). The minimum Gasteiger partial charge on any atom is -0.492 e. The van der Waals surface area contributed by atoms with Gasteiger partial charge in [0.15, 0.2) is 0 Å². The van der Waals surface area contributed by atoms with Crippen molar-refractivity contribution in [2.24, 2.45) is 7.05 Å². The van der Waals surface area contributed by atoms with Crippen LogP contribution in [0.3, 0.4) is 0 Å². The van der Waals surface area contributed by atoms with E-state index in [-0.39, 0.29) is 39.9 Å². The van der Waals surface area contributed by atoms with Gasteiger partial charge in [0.05, 0.1) is 12.3 Å². The van der Waals surface area contributed by atoms with Crippen LogP contribution < -0.4 is 25.1 Å². The zero-order valence-corrected chi connectivity index (χ0v) is 19.2. The quantitative estimate of drug-likeness (QED) is 0.476. The number of nitrogens with zero attached hydrogens (tertiary/aromatic N) is 1. The fourth-order valence-corrected chi connectivity index (χ4v) is 4.21. The second-order valence-corrected chi connectivity index (χ2v) is 8.69. The summed E-state index contributed by atoms with van der Waals surface area (Å²) in [6.07, 6.45) is -4.94. The van der Waals surface area contributed by atoms with Gasteiger partial charge in [0.2, 0.25) is 0 Å². The summed E-state index contributed by atoms with van der Waals surface area (Å²) < 4.78 is 75.9. The molecular weight excluding hydrogens is 491 g/mol. The number of rotatable bonds is 8. The number of anilines is 2. The van der Waals surface area contributed by atoms with Gasteiger partial charge in [-0.3, -0.25) is 14.3 Å². The number of sulfonamides is 1. The van der Waals surface area contributed by atoms with Crippen molar-refractivity contribution < 1.29 is 35.9 Å². The van der Waals surface area contributed by atoms with Crippen LogP contribution in [0.5, 0.6) is 11.5 Å². The third-order valence-corrected chi connectivity index (χ3v) is 5.95. The van der Waals surface area contributed by atoms with E-state index in [1.54, 1.807) is 6.92 Å². The van der Waals surface area contributed by atoms with Crippen LogP contribution in [0.25, 0.3) is 0 Å². The number of halogens is 3. The van der Waals surface area contributed by atoms with Gasteiger partial charge >= 0.3 is 6.36 Å². The van der Waals surface area contributed by atoms with E-state index in [0.29, 0.717) is 0 Å². The molecule has 0 aliphatic rings. The molecule has 2 N–H and O–H groups in total. The van der Waals surface area contributed by atoms with Gasteiger partial charge in [0, 0.05) is 30.9 Å². The Balaban J connectivity index is 1.88. The fraction of sp³-hybridized carbons (Fsp3) is 0.182. The van der Waals surface area contributed by atoms with Gasteiger partial charge in [0.1, 0.15) is 22.1 Å². The van der Waals surface area contributed by atoms with Crippen molar-refractivity contribution in [1.29, 1.82) is 0 Å². The average Bonchev–Trinajstić information content (AvgIpc) is 2.74. The number of carbonyl (C=O) groups excluding carboxylic acids is 1. The molecule has 3 aromatic rings. The van der Waals surface area contributed by atoms with E-state index >= 15 is 0 Å². The van der Waals surface area contributed by atoms with Crippen molar-refractivity contribution >= 4 is 27.3 Å². The Hall–Kier alpha value is -4.00. The molecule has 0 aliphatic heterocycles. The van der Waals surface area contributed by atoms with Crippen LogP contribution in [0.1, 0.15) is 17.4 Å². The van der Waals surface area contributed by atoms with Crippen molar-refractivity contribution in [2.45, 2.75) is 18.2 Å². The first-order valence-corrected chi connectivity index (χ1v) is 11.5. The summed E-state index contributed by atoms with van der Waals surface area (Å²) in [5.41, 5.74) is -0.287. The van der Waals surface area contributed by atoms with E-state index in [1.165, 1.54) is 55.6 Å². The Bertz CT molecular complexity index is 1400. The summed E-state index contributed by atoms with van der Waals surface area (Å²) in [4.78, 5) is 24.0. The van der Waals surface area contributed by atoms with Crippen LogP contribution in [0.4, 0.5) is 24.5 Å². The molecule has 9 nitrogen and oxygen atoms in total. The third-order valence-electron chi connectivity index (χ3n) is 4.53. The Morgan fingerprint density at radius 1 is 1.03 bits per heavy atom. The van der Waals surface area contributed by atoms with Crippen LogP contribution in [0.2, 0.25) is 0 Å². The molecule has 13 heteroatoms. The first-order valence-electron chi connectivity index (χ1n) is 10.0. The zero-order chi connectivity index (χ0) is 25.8. The lowest BCUT2D eigenvalue weighted by atomic mass is 10.2. The summed E-state index contributed by atoms with van der Waals surface area (Å²) in [5.74, 6) is -1.32. The molecule has 35 heavy (non-hydrogen) atoms. The van der Waals surface area contributed by atoms with Crippen LogP contribution in [-0.4, -0.2) is 31.9 Å². The predicted molar refractivity (Wildman–Crippen MR) is 121 cm³/mol. The van der Waals surface area contributed by atoms with E-state index in [1.807, 2.05) is 0 Å². The number of ether oxygens (including phenoxy) is 2. The second kappa shape index (κ2) is 10.1. The largest absolute Gasteiger partial charge is 0.573 e. The Kier molecular flexibility index (Phi) is 7.39. The number of amides is 1. The lowest BCUT2D eigenvalue weighted by Crippen LogP contribution is -2.25. The number of hydrogen-bond acceptors (Lipinski definition) is 6. The molecule has 0 saturated heterocycles. The maximum Gasteiger partial charge on any atom is 0.573 e. The molecule has 0 fully saturated rings. The number of nitrogens with one attached hydrogen (secondary N) is 2. The molecule has 0 saturated carbocycles. The van der Waals surface area contributed by atoms with Gasteiger partial charge < -0.3 is 19.4 Å². The van der Waals surface area contributed by atoms with Gasteiger partial charge in [-0.2, -0.15) is 0 Å². The third kappa shape index (κ3) is 6.53. The average molecular weight is 511 g/mol. The molecule has 186 valence electrons. The SMILES string of the molecule is CCOc1cc(NC(=O)c2cccc(=O)n2C)ccc1S(=O)(=O)Nc1cccc(OC(F)(F)F)c1.